The van der Waals surface area contributed by atoms with Crippen LogP contribution in [0.15, 0.2) is 24.0 Å². The molecule has 1 saturated heterocycles. The normalized spacial score (nSPS) is 15.1. The second-order valence-electron chi connectivity index (χ2n) is 4.63. The number of thiazole rings is 1. The van der Waals surface area contributed by atoms with E-state index in [0.29, 0.717) is 24.6 Å². The van der Waals surface area contributed by atoms with Crippen molar-refractivity contribution >= 4 is 28.2 Å². The molecule has 0 radical (unpaired) electrons. The summed E-state index contributed by atoms with van der Waals surface area (Å²) < 4.78 is 0. The van der Waals surface area contributed by atoms with Crippen LogP contribution in [-0.4, -0.2) is 59.0 Å². The van der Waals surface area contributed by atoms with Crippen molar-refractivity contribution in [1.29, 1.82) is 0 Å². The fourth-order valence-corrected chi connectivity index (χ4v) is 2.90. The molecule has 1 aliphatic rings. The van der Waals surface area contributed by atoms with Crippen LogP contribution in [0.2, 0.25) is 0 Å². The smallest absolute Gasteiger partial charge is 0.274 e. The van der Waals surface area contributed by atoms with Crippen molar-refractivity contribution in [2.45, 2.75) is 0 Å². The molecule has 0 unspecified atom stereocenters. The highest BCUT2D eigenvalue weighted by molar-refractivity contribution is 7.13. The van der Waals surface area contributed by atoms with E-state index in [1.807, 2.05) is 10.3 Å². The fraction of sp³-hybridized carbons (Fsp3) is 0.385. The molecule has 1 fully saturated rings. The molecule has 21 heavy (non-hydrogen) atoms. The summed E-state index contributed by atoms with van der Waals surface area (Å²) in [6.45, 7) is 2.93. The van der Waals surface area contributed by atoms with Crippen molar-refractivity contribution in [3.05, 3.63) is 29.7 Å². The average molecular weight is 304 g/mol. The molecule has 2 aromatic rings. The highest BCUT2D eigenvalue weighted by atomic mass is 32.1. The molecule has 3 heterocycles. The summed E-state index contributed by atoms with van der Waals surface area (Å²) in [6.07, 6.45) is 4.89. The largest absolute Gasteiger partial charge is 0.372 e. The van der Waals surface area contributed by atoms with Gasteiger partial charge in [-0.2, -0.15) is 0 Å². The lowest BCUT2D eigenvalue weighted by molar-refractivity contribution is 0.0740. The van der Waals surface area contributed by atoms with Crippen LogP contribution in [0, 0.1) is 0 Å². The number of anilines is 2. The Morgan fingerprint density at radius 3 is 2.57 bits per heavy atom. The Hall–Kier alpha value is -2.22. The molecular formula is C13H16N6OS. The topological polar surface area (TPSA) is 74.2 Å². The third-order valence-corrected chi connectivity index (χ3v) is 4.22. The molecule has 1 amide bonds. The maximum Gasteiger partial charge on any atom is 0.274 e. The summed E-state index contributed by atoms with van der Waals surface area (Å²) in [7, 11) is 1.77. The molecule has 8 heteroatoms. The van der Waals surface area contributed by atoms with Gasteiger partial charge in [0.2, 0.25) is 0 Å². The summed E-state index contributed by atoms with van der Waals surface area (Å²) in [5, 5.41) is 5.86. The first-order valence-corrected chi connectivity index (χ1v) is 7.59. The first-order chi connectivity index (χ1) is 10.3. The second-order valence-corrected chi connectivity index (χ2v) is 5.50. The number of nitrogens with zero attached hydrogens (tertiary/aromatic N) is 5. The fourth-order valence-electron chi connectivity index (χ4n) is 2.20. The minimum Gasteiger partial charge on any atom is -0.372 e. The summed E-state index contributed by atoms with van der Waals surface area (Å²) in [5.74, 6) is 0.587. The molecule has 0 spiro atoms. The molecule has 0 bridgehead atoms. The number of hydrogen-bond acceptors (Lipinski definition) is 7. The Kier molecular flexibility index (Phi) is 3.96. The molecule has 0 saturated carbocycles. The van der Waals surface area contributed by atoms with Crippen molar-refractivity contribution < 1.29 is 4.79 Å². The van der Waals surface area contributed by atoms with Crippen LogP contribution in [0.1, 0.15) is 10.5 Å². The predicted octanol–water partition coefficient (Wildman–Crippen LogP) is 0.937. The molecule has 0 aromatic carbocycles. The number of hydrogen-bond donors (Lipinski definition) is 1. The zero-order valence-corrected chi connectivity index (χ0v) is 12.5. The Labute approximate surface area is 126 Å². The minimum atomic E-state index is -0.0658. The number of piperazine rings is 1. The van der Waals surface area contributed by atoms with E-state index in [9.17, 15) is 4.79 Å². The highest BCUT2D eigenvalue weighted by Crippen LogP contribution is 2.19. The minimum absolute atomic E-state index is 0.0658. The van der Waals surface area contributed by atoms with Gasteiger partial charge in [-0.3, -0.25) is 4.79 Å². The van der Waals surface area contributed by atoms with E-state index in [2.05, 4.69) is 25.2 Å². The van der Waals surface area contributed by atoms with E-state index in [1.54, 1.807) is 30.8 Å². The standard InChI is InChI=1S/C13H16N6OS/c1-14-11-9-16-10(8-17-11)12(20)18-3-5-19(6-4-18)13-15-2-7-21-13/h2,7-9H,3-6H2,1H3,(H,14,17). The van der Waals surface area contributed by atoms with Gasteiger partial charge in [-0.25, -0.2) is 15.0 Å². The maximum absolute atomic E-state index is 12.4. The van der Waals surface area contributed by atoms with Crippen molar-refractivity contribution in [3.63, 3.8) is 0 Å². The molecule has 7 nitrogen and oxygen atoms in total. The van der Waals surface area contributed by atoms with Crippen molar-refractivity contribution in [2.24, 2.45) is 0 Å². The Bertz CT molecular complexity index is 592. The summed E-state index contributed by atoms with van der Waals surface area (Å²) in [6, 6.07) is 0. The zero-order chi connectivity index (χ0) is 14.7. The van der Waals surface area contributed by atoms with Crippen LogP contribution in [0.25, 0.3) is 0 Å². The van der Waals surface area contributed by atoms with Gasteiger partial charge in [0.1, 0.15) is 11.5 Å². The van der Waals surface area contributed by atoms with Crippen LogP contribution in [0.3, 0.4) is 0 Å². The number of rotatable bonds is 3. The van der Waals surface area contributed by atoms with Gasteiger partial charge in [0.25, 0.3) is 5.91 Å². The summed E-state index contributed by atoms with van der Waals surface area (Å²) in [5.41, 5.74) is 0.386. The first-order valence-electron chi connectivity index (χ1n) is 6.71. The molecule has 0 aliphatic carbocycles. The lowest BCUT2D eigenvalue weighted by Gasteiger charge is -2.34. The number of amides is 1. The van der Waals surface area contributed by atoms with Gasteiger partial charge in [0.15, 0.2) is 5.13 Å². The Morgan fingerprint density at radius 1 is 1.19 bits per heavy atom. The summed E-state index contributed by atoms with van der Waals surface area (Å²) in [4.78, 5) is 29.0. The monoisotopic (exact) mass is 304 g/mol. The first kappa shape index (κ1) is 13.7. The highest BCUT2D eigenvalue weighted by Gasteiger charge is 2.24. The van der Waals surface area contributed by atoms with Gasteiger partial charge < -0.3 is 15.1 Å². The van der Waals surface area contributed by atoms with Gasteiger partial charge in [-0.05, 0) is 0 Å². The van der Waals surface area contributed by atoms with E-state index >= 15 is 0 Å². The van der Waals surface area contributed by atoms with Gasteiger partial charge in [0.05, 0.1) is 12.4 Å². The number of nitrogens with one attached hydrogen (secondary N) is 1. The molecule has 1 aliphatic heterocycles. The quantitative estimate of drug-likeness (QED) is 0.909. The molecule has 110 valence electrons. The van der Waals surface area contributed by atoms with Crippen molar-refractivity contribution in [1.82, 2.24) is 19.9 Å². The maximum atomic E-state index is 12.4. The zero-order valence-electron chi connectivity index (χ0n) is 11.7. The second kappa shape index (κ2) is 6.04. The number of carbonyl (C=O) groups is 1. The van der Waals surface area contributed by atoms with E-state index in [-0.39, 0.29) is 5.91 Å². The number of aromatic nitrogens is 3. The molecule has 3 rings (SSSR count). The Balaban J connectivity index is 1.62. The van der Waals surface area contributed by atoms with Gasteiger partial charge in [-0.15, -0.1) is 11.3 Å². The molecule has 0 atom stereocenters. The third kappa shape index (κ3) is 2.94. The molecule has 1 N–H and O–H groups in total. The molecule has 2 aromatic heterocycles. The van der Waals surface area contributed by atoms with Gasteiger partial charge >= 0.3 is 0 Å². The van der Waals surface area contributed by atoms with Crippen LogP contribution < -0.4 is 10.2 Å². The third-order valence-electron chi connectivity index (χ3n) is 3.38. The van der Waals surface area contributed by atoms with Gasteiger partial charge in [-0.1, -0.05) is 0 Å². The Morgan fingerprint density at radius 2 is 2.00 bits per heavy atom. The van der Waals surface area contributed by atoms with Crippen molar-refractivity contribution in [3.8, 4) is 0 Å². The van der Waals surface area contributed by atoms with E-state index in [0.717, 1.165) is 18.2 Å². The molecular weight excluding hydrogens is 288 g/mol. The lowest BCUT2D eigenvalue weighted by atomic mass is 10.3. The van der Waals surface area contributed by atoms with E-state index in [4.69, 9.17) is 0 Å². The predicted molar refractivity (Wildman–Crippen MR) is 81.8 cm³/mol. The summed E-state index contributed by atoms with van der Waals surface area (Å²) >= 11 is 1.62. The SMILES string of the molecule is CNc1cnc(C(=O)N2CCN(c3nccs3)CC2)cn1. The van der Waals surface area contributed by atoms with Crippen molar-refractivity contribution in [2.75, 3.05) is 43.4 Å². The van der Waals surface area contributed by atoms with Crippen LogP contribution in [0.4, 0.5) is 10.9 Å². The average Bonchev–Trinajstić information content (AvgIpc) is 3.09. The van der Waals surface area contributed by atoms with E-state index < -0.39 is 0 Å². The van der Waals surface area contributed by atoms with Gasteiger partial charge in [0, 0.05) is 44.8 Å². The van der Waals surface area contributed by atoms with Crippen LogP contribution in [0.5, 0.6) is 0 Å². The lowest BCUT2D eigenvalue weighted by Crippen LogP contribution is -2.49. The van der Waals surface area contributed by atoms with Crippen LogP contribution >= 0.6 is 11.3 Å². The van der Waals surface area contributed by atoms with E-state index in [1.165, 1.54) is 6.20 Å². The van der Waals surface area contributed by atoms with Crippen LogP contribution in [-0.2, 0) is 0 Å². The number of carbonyl (C=O) groups excluding carboxylic acids is 1.